The topological polar surface area (TPSA) is 15.3 Å². The molecule has 0 heterocycles. The molecule has 1 N–H and O–H groups in total. The van der Waals surface area contributed by atoms with Crippen molar-refractivity contribution in [1.29, 1.82) is 0 Å². The molecule has 1 atom stereocenters. The molecule has 0 bridgehead atoms. The number of likely N-dealkylation sites (N-methyl/N-ethyl adjacent to an activating group) is 2. The Morgan fingerprint density at radius 1 is 1.33 bits per heavy atom. The summed E-state index contributed by atoms with van der Waals surface area (Å²) in [6.07, 6.45) is 1.24. The second-order valence-electron chi connectivity index (χ2n) is 3.90. The van der Waals surface area contributed by atoms with Crippen molar-refractivity contribution in [2.24, 2.45) is 5.92 Å². The van der Waals surface area contributed by atoms with Gasteiger partial charge < -0.3 is 10.2 Å². The molecular weight excluding hydrogens is 148 g/mol. The van der Waals surface area contributed by atoms with Gasteiger partial charge in [-0.25, -0.2) is 0 Å². The fraction of sp³-hybridized carbons (Fsp3) is 1.00. The van der Waals surface area contributed by atoms with E-state index in [0.29, 0.717) is 12.0 Å². The maximum atomic E-state index is 3.35. The van der Waals surface area contributed by atoms with Gasteiger partial charge in [-0.15, -0.1) is 0 Å². The standard InChI is InChI=1S/C10H24N2/c1-6-7-12(5)8-10(11-4)9(2)3/h9-11H,6-8H2,1-5H3. The summed E-state index contributed by atoms with van der Waals surface area (Å²) < 4.78 is 0. The van der Waals surface area contributed by atoms with Crippen LogP contribution in [0.5, 0.6) is 0 Å². The van der Waals surface area contributed by atoms with Gasteiger partial charge in [0.25, 0.3) is 0 Å². The first kappa shape index (κ1) is 11.9. The number of nitrogens with one attached hydrogen (secondary N) is 1. The molecule has 0 aromatic carbocycles. The SMILES string of the molecule is CCCN(C)CC(NC)C(C)C. The fourth-order valence-electron chi connectivity index (χ4n) is 1.44. The maximum Gasteiger partial charge on any atom is 0.0214 e. The number of rotatable bonds is 6. The molecule has 0 aromatic rings. The van der Waals surface area contributed by atoms with Gasteiger partial charge in [0, 0.05) is 12.6 Å². The van der Waals surface area contributed by atoms with E-state index >= 15 is 0 Å². The largest absolute Gasteiger partial charge is 0.315 e. The molecule has 74 valence electrons. The fourth-order valence-corrected chi connectivity index (χ4v) is 1.44. The molecular formula is C10H24N2. The van der Waals surface area contributed by atoms with E-state index in [9.17, 15) is 0 Å². The van der Waals surface area contributed by atoms with Crippen LogP contribution in [0, 0.1) is 5.92 Å². The molecule has 0 fully saturated rings. The van der Waals surface area contributed by atoms with Crippen molar-refractivity contribution < 1.29 is 0 Å². The lowest BCUT2D eigenvalue weighted by molar-refractivity contribution is 0.263. The molecule has 0 saturated heterocycles. The van der Waals surface area contributed by atoms with Crippen LogP contribution in [-0.4, -0.2) is 38.1 Å². The Morgan fingerprint density at radius 2 is 1.92 bits per heavy atom. The van der Waals surface area contributed by atoms with E-state index in [1.54, 1.807) is 0 Å². The van der Waals surface area contributed by atoms with E-state index in [1.807, 2.05) is 7.05 Å². The van der Waals surface area contributed by atoms with Crippen LogP contribution in [0.2, 0.25) is 0 Å². The van der Waals surface area contributed by atoms with Gasteiger partial charge in [-0.3, -0.25) is 0 Å². The van der Waals surface area contributed by atoms with E-state index in [-0.39, 0.29) is 0 Å². The Kier molecular flexibility index (Phi) is 6.39. The second-order valence-corrected chi connectivity index (χ2v) is 3.90. The van der Waals surface area contributed by atoms with Gasteiger partial charge in [-0.1, -0.05) is 20.8 Å². The lowest BCUT2D eigenvalue weighted by Gasteiger charge is -2.26. The second kappa shape index (κ2) is 6.44. The van der Waals surface area contributed by atoms with Crippen molar-refractivity contribution >= 4 is 0 Å². The van der Waals surface area contributed by atoms with Crippen LogP contribution in [0.25, 0.3) is 0 Å². The summed E-state index contributed by atoms with van der Waals surface area (Å²) in [6.45, 7) is 9.11. The molecule has 0 radical (unpaired) electrons. The third-order valence-corrected chi connectivity index (χ3v) is 2.29. The summed E-state index contributed by atoms with van der Waals surface area (Å²) >= 11 is 0. The smallest absolute Gasteiger partial charge is 0.0214 e. The molecule has 0 amide bonds. The predicted octanol–water partition coefficient (Wildman–Crippen LogP) is 1.57. The molecule has 0 aliphatic heterocycles. The predicted molar refractivity (Wildman–Crippen MR) is 55.5 cm³/mol. The van der Waals surface area contributed by atoms with Gasteiger partial charge in [0.2, 0.25) is 0 Å². The van der Waals surface area contributed by atoms with Gasteiger partial charge in [0.05, 0.1) is 0 Å². The van der Waals surface area contributed by atoms with Gasteiger partial charge in [0.15, 0.2) is 0 Å². The van der Waals surface area contributed by atoms with Crippen LogP contribution in [0.1, 0.15) is 27.2 Å². The molecule has 2 heteroatoms. The zero-order valence-electron chi connectivity index (χ0n) is 9.22. The average Bonchev–Trinajstić information content (AvgIpc) is 2.00. The lowest BCUT2D eigenvalue weighted by atomic mass is 10.0. The normalized spacial score (nSPS) is 14.2. The first-order valence-corrected chi connectivity index (χ1v) is 4.97. The molecule has 0 aliphatic rings. The Labute approximate surface area is 77.3 Å². The van der Waals surface area contributed by atoms with Crippen molar-refractivity contribution in [2.45, 2.75) is 33.2 Å². The molecule has 0 rings (SSSR count). The monoisotopic (exact) mass is 172 g/mol. The van der Waals surface area contributed by atoms with Crippen LogP contribution >= 0.6 is 0 Å². The van der Waals surface area contributed by atoms with Crippen molar-refractivity contribution in [2.75, 3.05) is 27.2 Å². The van der Waals surface area contributed by atoms with Crippen LogP contribution in [0.15, 0.2) is 0 Å². The minimum atomic E-state index is 0.626. The van der Waals surface area contributed by atoms with Crippen molar-refractivity contribution in [3.8, 4) is 0 Å². The van der Waals surface area contributed by atoms with E-state index < -0.39 is 0 Å². The van der Waals surface area contributed by atoms with Crippen LogP contribution in [0.3, 0.4) is 0 Å². The van der Waals surface area contributed by atoms with E-state index in [4.69, 9.17) is 0 Å². The third-order valence-electron chi connectivity index (χ3n) is 2.29. The number of nitrogens with zero attached hydrogens (tertiary/aromatic N) is 1. The Morgan fingerprint density at radius 3 is 2.25 bits per heavy atom. The highest BCUT2D eigenvalue weighted by molar-refractivity contribution is 4.71. The summed E-state index contributed by atoms with van der Waals surface area (Å²) in [5.74, 6) is 0.717. The highest BCUT2D eigenvalue weighted by Gasteiger charge is 2.12. The third kappa shape index (κ3) is 4.73. The van der Waals surface area contributed by atoms with E-state index in [2.05, 4.69) is 38.0 Å². The minimum Gasteiger partial charge on any atom is -0.315 e. The number of hydrogen-bond acceptors (Lipinski definition) is 2. The Hall–Kier alpha value is -0.0800. The summed E-state index contributed by atoms with van der Waals surface area (Å²) in [5.41, 5.74) is 0. The molecule has 2 nitrogen and oxygen atoms in total. The molecule has 0 aliphatic carbocycles. The summed E-state index contributed by atoms with van der Waals surface area (Å²) in [5, 5.41) is 3.35. The average molecular weight is 172 g/mol. The van der Waals surface area contributed by atoms with Gasteiger partial charge in [-0.2, -0.15) is 0 Å². The zero-order valence-corrected chi connectivity index (χ0v) is 9.22. The molecule has 0 saturated carbocycles. The maximum absolute atomic E-state index is 3.35. The number of hydrogen-bond donors (Lipinski definition) is 1. The van der Waals surface area contributed by atoms with Crippen molar-refractivity contribution in [1.82, 2.24) is 10.2 Å². The summed E-state index contributed by atoms with van der Waals surface area (Å²) in [4.78, 5) is 2.39. The summed E-state index contributed by atoms with van der Waals surface area (Å²) in [6, 6.07) is 0.626. The minimum absolute atomic E-state index is 0.626. The molecule has 0 aromatic heterocycles. The Balaban J connectivity index is 3.69. The highest BCUT2D eigenvalue weighted by Crippen LogP contribution is 2.02. The van der Waals surface area contributed by atoms with Crippen molar-refractivity contribution in [3.63, 3.8) is 0 Å². The zero-order chi connectivity index (χ0) is 9.56. The van der Waals surface area contributed by atoms with Gasteiger partial charge in [0.1, 0.15) is 0 Å². The first-order valence-electron chi connectivity index (χ1n) is 4.97. The highest BCUT2D eigenvalue weighted by atomic mass is 15.1. The summed E-state index contributed by atoms with van der Waals surface area (Å²) in [7, 11) is 4.24. The Bertz CT molecular complexity index is 102. The van der Waals surface area contributed by atoms with E-state index in [1.165, 1.54) is 13.0 Å². The lowest BCUT2D eigenvalue weighted by Crippen LogP contribution is -2.41. The molecule has 0 spiro atoms. The molecule has 12 heavy (non-hydrogen) atoms. The van der Waals surface area contributed by atoms with Gasteiger partial charge >= 0.3 is 0 Å². The van der Waals surface area contributed by atoms with E-state index in [0.717, 1.165) is 6.54 Å². The van der Waals surface area contributed by atoms with Crippen LogP contribution in [0.4, 0.5) is 0 Å². The first-order chi connectivity index (χ1) is 5.61. The van der Waals surface area contributed by atoms with Crippen molar-refractivity contribution in [3.05, 3.63) is 0 Å². The van der Waals surface area contributed by atoms with Gasteiger partial charge in [-0.05, 0) is 33.0 Å². The molecule has 1 unspecified atom stereocenters. The van der Waals surface area contributed by atoms with Crippen LogP contribution in [-0.2, 0) is 0 Å². The van der Waals surface area contributed by atoms with Crippen LogP contribution < -0.4 is 5.32 Å². The quantitative estimate of drug-likeness (QED) is 0.654.